The molecule has 0 bridgehead atoms. The Morgan fingerprint density at radius 2 is 1.92 bits per heavy atom. The lowest BCUT2D eigenvalue weighted by Gasteiger charge is -2.27. The maximum absolute atomic E-state index is 13.0. The molecule has 26 heavy (non-hydrogen) atoms. The van der Waals surface area contributed by atoms with Crippen molar-refractivity contribution in [1.82, 2.24) is 4.98 Å². The number of aromatic nitrogens is 1. The zero-order chi connectivity index (χ0) is 19.3. The summed E-state index contributed by atoms with van der Waals surface area (Å²) in [6, 6.07) is 3.78. The molecule has 0 aliphatic heterocycles. The Morgan fingerprint density at radius 1 is 1.23 bits per heavy atom. The molecule has 138 valence electrons. The van der Waals surface area contributed by atoms with E-state index in [-0.39, 0.29) is 27.3 Å². The number of sulfonamides is 1. The van der Waals surface area contributed by atoms with Gasteiger partial charge in [0.2, 0.25) is 19.9 Å². The zero-order valence-corrected chi connectivity index (χ0v) is 14.7. The molecule has 1 aromatic carbocycles. The van der Waals surface area contributed by atoms with Crippen LogP contribution in [0, 0.1) is 10.1 Å². The Balaban J connectivity index is 2.11. The van der Waals surface area contributed by atoms with Gasteiger partial charge in [-0.15, -0.1) is 0 Å². The number of nitro groups is 1. The standard InChI is InChI=1S/C14H14N4O6S2/c15-14(5-3-10(4-6-14)26(16,23)24)25(21,22)13-8-17-12-2-1-9(18(19)20)7-11(12)13/h1-5,7-8,17H,6,15H2,(H2,16,23,24). The minimum atomic E-state index is -4.20. The second-order valence-corrected chi connectivity index (χ2v) is 9.56. The first-order valence-electron chi connectivity index (χ1n) is 7.17. The number of aromatic amines is 1. The van der Waals surface area contributed by atoms with Gasteiger partial charge in [-0.05, 0) is 18.2 Å². The summed E-state index contributed by atoms with van der Waals surface area (Å²) in [5, 5.41) is 16.1. The van der Waals surface area contributed by atoms with E-state index in [1.165, 1.54) is 18.3 Å². The topological polar surface area (TPSA) is 179 Å². The molecule has 1 aromatic heterocycles. The summed E-state index contributed by atoms with van der Waals surface area (Å²) >= 11 is 0. The number of hydrogen-bond acceptors (Lipinski definition) is 7. The Morgan fingerprint density at radius 3 is 2.46 bits per heavy atom. The Kier molecular flexibility index (Phi) is 4.03. The highest BCUT2D eigenvalue weighted by Gasteiger charge is 2.41. The molecular weight excluding hydrogens is 384 g/mol. The maximum atomic E-state index is 13.0. The molecular formula is C14H14N4O6S2. The van der Waals surface area contributed by atoms with Gasteiger partial charge in [0.15, 0.2) is 0 Å². The van der Waals surface area contributed by atoms with Gasteiger partial charge in [-0.1, -0.05) is 6.08 Å². The summed E-state index contributed by atoms with van der Waals surface area (Å²) in [5.41, 5.74) is 6.14. The van der Waals surface area contributed by atoms with Gasteiger partial charge < -0.3 is 10.7 Å². The number of nitrogens with zero attached hydrogens (tertiary/aromatic N) is 1. The van der Waals surface area contributed by atoms with Gasteiger partial charge in [0, 0.05) is 35.7 Å². The first-order valence-corrected chi connectivity index (χ1v) is 10.2. The Bertz CT molecular complexity index is 1190. The number of rotatable bonds is 4. The number of nitrogens with one attached hydrogen (secondary N) is 1. The number of H-pyrrole nitrogens is 1. The van der Waals surface area contributed by atoms with Crippen LogP contribution in [-0.2, 0) is 19.9 Å². The minimum absolute atomic E-state index is 0.124. The molecule has 10 nitrogen and oxygen atoms in total. The molecule has 0 radical (unpaired) electrons. The molecule has 0 saturated heterocycles. The fraction of sp³-hybridized carbons (Fsp3) is 0.143. The van der Waals surface area contributed by atoms with Crippen LogP contribution >= 0.6 is 0 Å². The fourth-order valence-electron chi connectivity index (χ4n) is 2.65. The number of fused-ring (bicyclic) bond motifs is 1. The SMILES string of the molecule is NC1(S(=O)(=O)c2c[nH]c3ccc([N+](=O)[O-])cc23)C=CC(S(N)(=O)=O)=CC1. The number of nitrogens with two attached hydrogens (primary N) is 2. The number of primary sulfonamides is 1. The van der Waals surface area contributed by atoms with Crippen molar-refractivity contribution in [1.29, 1.82) is 0 Å². The van der Waals surface area contributed by atoms with Crippen LogP contribution in [0.4, 0.5) is 5.69 Å². The quantitative estimate of drug-likeness (QED) is 0.499. The van der Waals surface area contributed by atoms with Crippen LogP contribution in [-0.4, -0.2) is 31.6 Å². The van der Waals surface area contributed by atoms with Crippen molar-refractivity contribution in [2.24, 2.45) is 10.9 Å². The lowest BCUT2D eigenvalue weighted by molar-refractivity contribution is -0.384. The Labute approximate surface area is 148 Å². The largest absolute Gasteiger partial charge is 0.360 e. The molecule has 1 heterocycles. The van der Waals surface area contributed by atoms with Crippen molar-refractivity contribution in [3.05, 3.63) is 57.6 Å². The van der Waals surface area contributed by atoms with Gasteiger partial charge in [0.1, 0.15) is 4.87 Å². The molecule has 1 aliphatic rings. The molecule has 1 unspecified atom stereocenters. The van der Waals surface area contributed by atoms with E-state index in [2.05, 4.69) is 4.98 Å². The van der Waals surface area contributed by atoms with Gasteiger partial charge in [0.25, 0.3) is 5.69 Å². The summed E-state index contributed by atoms with van der Waals surface area (Å²) in [4.78, 5) is 10.7. The highest BCUT2D eigenvalue weighted by Crippen LogP contribution is 2.35. The van der Waals surface area contributed by atoms with Crippen LogP contribution < -0.4 is 10.9 Å². The van der Waals surface area contributed by atoms with Crippen LogP contribution in [0.5, 0.6) is 0 Å². The number of allylic oxidation sites excluding steroid dienone is 1. The molecule has 3 rings (SSSR count). The molecule has 0 amide bonds. The summed E-state index contributed by atoms with van der Waals surface area (Å²) in [6.45, 7) is 0. The van der Waals surface area contributed by atoms with Gasteiger partial charge >= 0.3 is 0 Å². The molecule has 12 heteroatoms. The normalized spacial score (nSPS) is 20.9. The van der Waals surface area contributed by atoms with E-state index in [9.17, 15) is 26.9 Å². The van der Waals surface area contributed by atoms with Gasteiger partial charge in [-0.3, -0.25) is 10.1 Å². The average molecular weight is 398 g/mol. The lowest BCUT2D eigenvalue weighted by Crippen LogP contribution is -2.46. The van der Waals surface area contributed by atoms with Crippen LogP contribution in [0.25, 0.3) is 10.9 Å². The lowest BCUT2D eigenvalue weighted by atomic mass is 10.1. The van der Waals surface area contributed by atoms with Gasteiger partial charge in [-0.2, -0.15) is 0 Å². The van der Waals surface area contributed by atoms with Crippen molar-refractivity contribution in [3.63, 3.8) is 0 Å². The summed E-state index contributed by atoms with van der Waals surface area (Å²) < 4.78 is 48.8. The van der Waals surface area contributed by atoms with Gasteiger partial charge in [-0.25, -0.2) is 22.0 Å². The zero-order valence-electron chi connectivity index (χ0n) is 13.1. The molecule has 0 fully saturated rings. The van der Waals surface area contributed by atoms with Crippen molar-refractivity contribution < 1.29 is 21.8 Å². The maximum Gasteiger partial charge on any atom is 0.270 e. The van der Waals surface area contributed by atoms with E-state index < -0.39 is 29.7 Å². The van der Waals surface area contributed by atoms with Crippen molar-refractivity contribution >= 4 is 36.5 Å². The van der Waals surface area contributed by atoms with E-state index in [0.29, 0.717) is 5.52 Å². The monoisotopic (exact) mass is 398 g/mol. The van der Waals surface area contributed by atoms with Crippen molar-refractivity contribution in [2.45, 2.75) is 16.2 Å². The second kappa shape index (κ2) is 5.74. The van der Waals surface area contributed by atoms with Crippen LogP contribution in [0.3, 0.4) is 0 Å². The van der Waals surface area contributed by atoms with Crippen molar-refractivity contribution in [3.8, 4) is 0 Å². The number of non-ortho nitro benzene ring substituents is 1. The van der Waals surface area contributed by atoms with Gasteiger partial charge in [0.05, 0.1) is 14.7 Å². The minimum Gasteiger partial charge on any atom is -0.360 e. The van der Waals surface area contributed by atoms with Crippen LogP contribution in [0.1, 0.15) is 6.42 Å². The molecule has 5 N–H and O–H groups in total. The summed E-state index contributed by atoms with van der Waals surface area (Å²) in [5.74, 6) is 0. The highest BCUT2D eigenvalue weighted by atomic mass is 32.2. The van der Waals surface area contributed by atoms with E-state index in [0.717, 1.165) is 24.3 Å². The molecule has 1 atom stereocenters. The summed E-state index contributed by atoms with van der Waals surface area (Å²) in [6.07, 6.45) is 4.10. The number of benzene rings is 1. The Hall–Kier alpha value is -2.54. The average Bonchev–Trinajstić information content (AvgIpc) is 2.97. The molecule has 0 spiro atoms. The van der Waals surface area contributed by atoms with E-state index in [1.54, 1.807) is 0 Å². The second-order valence-electron chi connectivity index (χ2n) is 5.79. The number of sulfone groups is 1. The fourth-order valence-corrected chi connectivity index (χ4v) is 4.86. The number of nitro benzene ring substituents is 1. The highest BCUT2D eigenvalue weighted by molar-refractivity contribution is 7.93. The smallest absolute Gasteiger partial charge is 0.270 e. The molecule has 2 aromatic rings. The number of hydrogen-bond donors (Lipinski definition) is 3. The van der Waals surface area contributed by atoms with E-state index >= 15 is 0 Å². The predicted molar refractivity (Wildman–Crippen MR) is 94.0 cm³/mol. The van der Waals surface area contributed by atoms with E-state index in [4.69, 9.17) is 10.9 Å². The van der Waals surface area contributed by atoms with Crippen LogP contribution in [0.15, 0.2) is 52.4 Å². The third kappa shape index (κ3) is 2.82. The molecule has 1 aliphatic carbocycles. The third-order valence-corrected chi connectivity index (χ3v) is 7.29. The van der Waals surface area contributed by atoms with Crippen molar-refractivity contribution in [2.75, 3.05) is 0 Å². The predicted octanol–water partition coefficient (Wildman–Crippen LogP) is 0.637. The first-order chi connectivity index (χ1) is 12.0. The first kappa shape index (κ1) is 18.3. The summed E-state index contributed by atoms with van der Waals surface area (Å²) in [7, 11) is -8.18. The molecule has 0 saturated carbocycles. The van der Waals surface area contributed by atoms with Crippen LogP contribution in [0.2, 0.25) is 0 Å². The third-order valence-electron chi connectivity index (χ3n) is 4.11. The van der Waals surface area contributed by atoms with E-state index in [1.807, 2.05) is 0 Å².